The monoisotopic (exact) mass is 183 g/mol. The minimum absolute atomic E-state index is 0.0125. The van der Waals surface area contributed by atoms with Crippen molar-refractivity contribution >= 4 is 11.7 Å². The number of rotatable bonds is 5. The lowest BCUT2D eigenvalue weighted by Gasteiger charge is -2.00. The molecule has 0 heterocycles. The predicted octanol–water partition coefficient (Wildman–Crippen LogP) is 0.422. The largest absolute Gasteiger partial charge is 0.387 e. The summed E-state index contributed by atoms with van der Waals surface area (Å²) in [5.74, 6) is 0.565. The zero-order chi connectivity index (χ0) is 9.68. The highest BCUT2D eigenvalue weighted by Crippen LogP contribution is 2.18. The Morgan fingerprint density at radius 2 is 2.31 bits per heavy atom. The Hall–Kier alpha value is -1.06. The fourth-order valence-corrected chi connectivity index (χ4v) is 1.01. The van der Waals surface area contributed by atoms with Gasteiger partial charge in [-0.2, -0.15) is 0 Å². The molecule has 0 unspecified atom stereocenters. The van der Waals surface area contributed by atoms with Gasteiger partial charge in [0.2, 0.25) is 5.91 Å². The van der Waals surface area contributed by atoms with E-state index in [0.29, 0.717) is 11.9 Å². The van der Waals surface area contributed by atoms with Crippen LogP contribution in [0.15, 0.2) is 4.99 Å². The van der Waals surface area contributed by atoms with E-state index in [9.17, 15) is 4.79 Å². The van der Waals surface area contributed by atoms with Crippen molar-refractivity contribution in [2.75, 3.05) is 6.54 Å². The van der Waals surface area contributed by atoms with Gasteiger partial charge in [-0.15, -0.1) is 0 Å². The standard InChI is InChI=1S/C9H17N3O/c1-2-3-8(10)11-6-9(13)12-7-4-5-7/h7H,2-6H2,1H3,(H2,10,11)(H,12,13). The maximum absolute atomic E-state index is 11.1. The van der Waals surface area contributed by atoms with Crippen molar-refractivity contribution < 1.29 is 4.79 Å². The van der Waals surface area contributed by atoms with Gasteiger partial charge in [0, 0.05) is 12.5 Å². The molecule has 1 saturated carbocycles. The van der Waals surface area contributed by atoms with Gasteiger partial charge in [-0.3, -0.25) is 9.79 Å². The Labute approximate surface area is 78.6 Å². The van der Waals surface area contributed by atoms with E-state index in [1.165, 1.54) is 0 Å². The highest BCUT2D eigenvalue weighted by molar-refractivity contribution is 5.85. The summed E-state index contributed by atoms with van der Waals surface area (Å²) in [6.45, 7) is 2.22. The third-order valence-corrected chi connectivity index (χ3v) is 1.87. The van der Waals surface area contributed by atoms with E-state index in [2.05, 4.69) is 10.3 Å². The molecule has 0 radical (unpaired) electrons. The first-order chi connectivity index (χ1) is 6.22. The molecular weight excluding hydrogens is 166 g/mol. The molecule has 0 aromatic heterocycles. The molecule has 74 valence electrons. The number of hydrogen-bond donors (Lipinski definition) is 2. The van der Waals surface area contributed by atoms with Crippen LogP contribution in [0.5, 0.6) is 0 Å². The summed E-state index contributed by atoms with van der Waals surface area (Å²) in [6, 6.07) is 0.412. The zero-order valence-electron chi connectivity index (χ0n) is 8.05. The molecule has 4 heteroatoms. The van der Waals surface area contributed by atoms with Crippen molar-refractivity contribution in [3.63, 3.8) is 0 Å². The first kappa shape index (κ1) is 10.0. The van der Waals surface area contributed by atoms with Crippen LogP contribution in [0.1, 0.15) is 32.6 Å². The smallest absolute Gasteiger partial charge is 0.241 e. The molecule has 0 aromatic rings. The SMILES string of the molecule is CCCC(N)=NCC(=O)NC1CC1. The number of amides is 1. The quantitative estimate of drug-likeness (QED) is 0.479. The molecule has 1 amide bonds. The van der Waals surface area contributed by atoms with E-state index in [0.717, 1.165) is 25.7 Å². The number of aliphatic imine (C=N–C) groups is 1. The van der Waals surface area contributed by atoms with Crippen molar-refractivity contribution in [3.05, 3.63) is 0 Å². The van der Waals surface area contributed by atoms with Crippen LogP contribution in [0.4, 0.5) is 0 Å². The van der Waals surface area contributed by atoms with Crippen LogP contribution in [0.3, 0.4) is 0 Å². The number of carbonyl (C=O) groups excluding carboxylic acids is 1. The molecule has 1 rings (SSSR count). The first-order valence-electron chi connectivity index (χ1n) is 4.80. The molecular formula is C9H17N3O. The summed E-state index contributed by atoms with van der Waals surface area (Å²) in [5, 5.41) is 2.85. The Morgan fingerprint density at radius 1 is 1.62 bits per heavy atom. The summed E-state index contributed by atoms with van der Waals surface area (Å²) >= 11 is 0. The third kappa shape index (κ3) is 4.50. The van der Waals surface area contributed by atoms with E-state index in [4.69, 9.17) is 5.73 Å². The molecule has 0 bridgehead atoms. The molecule has 4 nitrogen and oxygen atoms in total. The van der Waals surface area contributed by atoms with Crippen LogP contribution >= 0.6 is 0 Å². The second-order valence-corrected chi connectivity index (χ2v) is 3.40. The molecule has 0 aliphatic heterocycles. The van der Waals surface area contributed by atoms with Crippen LogP contribution in [-0.2, 0) is 4.79 Å². The van der Waals surface area contributed by atoms with Crippen LogP contribution < -0.4 is 11.1 Å². The molecule has 3 N–H and O–H groups in total. The molecule has 13 heavy (non-hydrogen) atoms. The number of hydrogen-bond acceptors (Lipinski definition) is 2. The first-order valence-corrected chi connectivity index (χ1v) is 4.80. The van der Waals surface area contributed by atoms with Gasteiger partial charge >= 0.3 is 0 Å². The van der Waals surface area contributed by atoms with E-state index < -0.39 is 0 Å². The summed E-state index contributed by atoms with van der Waals surface area (Å²) < 4.78 is 0. The summed E-state index contributed by atoms with van der Waals surface area (Å²) in [5.41, 5.74) is 5.55. The fourth-order valence-electron chi connectivity index (χ4n) is 1.01. The number of nitrogens with zero attached hydrogens (tertiary/aromatic N) is 1. The predicted molar refractivity (Wildman–Crippen MR) is 52.6 cm³/mol. The lowest BCUT2D eigenvalue weighted by atomic mass is 10.3. The molecule has 0 saturated heterocycles. The lowest BCUT2D eigenvalue weighted by molar-refractivity contribution is -0.119. The van der Waals surface area contributed by atoms with E-state index in [1.807, 2.05) is 6.92 Å². The second kappa shape index (κ2) is 4.84. The fraction of sp³-hybridized carbons (Fsp3) is 0.778. The van der Waals surface area contributed by atoms with Crippen molar-refractivity contribution in [2.45, 2.75) is 38.6 Å². The maximum atomic E-state index is 11.1. The van der Waals surface area contributed by atoms with Crippen LogP contribution in [0.25, 0.3) is 0 Å². The van der Waals surface area contributed by atoms with E-state index >= 15 is 0 Å². The minimum Gasteiger partial charge on any atom is -0.387 e. The third-order valence-electron chi connectivity index (χ3n) is 1.87. The molecule has 0 spiro atoms. The van der Waals surface area contributed by atoms with Gasteiger partial charge in [0.25, 0.3) is 0 Å². The van der Waals surface area contributed by atoms with Gasteiger partial charge in [-0.05, 0) is 19.3 Å². The lowest BCUT2D eigenvalue weighted by Crippen LogP contribution is -2.28. The number of nitrogens with two attached hydrogens (primary N) is 1. The Morgan fingerprint density at radius 3 is 2.85 bits per heavy atom. The highest BCUT2D eigenvalue weighted by atomic mass is 16.1. The Kier molecular flexibility index (Phi) is 3.73. The second-order valence-electron chi connectivity index (χ2n) is 3.40. The average molecular weight is 183 g/mol. The van der Waals surface area contributed by atoms with Gasteiger partial charge in [-0.25, -0.2) is 0 Å². The topological polar surface area (TPSA) is 67.5 Å². The van der Waals surface area contributed by atoms with Crippen LogP contribution in [0, 0.1) is 0 Å². The van der Waals surface area contributed by atoms with Crippen molar-refractivity contribution in [3.8, 4) is 0 Å². The van der Waals surface area contributed by atoms with Crippen LogP contribution in [0.2, 0.25) is 0 Å². The molecule has 0 aromatic carbocycles. The van der Waals surface area contributed by atoms with Gasteiger partial charge in [0.05, 0.1) is 5.84 Å². The zero-order valence-corrected chi connectivity index (χ0v) is 8.05. The normalized spacial score (nSPS) is 17.2. The van der Waals surface area contributed by atoms with Crippen molar-refractivity contribution in [1.29, 1.82) is 0 Å². The van der Waals surface area contributed by atoms with Crippen molar-refractivity contribution in [2.24, 2.45) is 10.7 Å². The molecule has 1 fully saturated rings. The number of nitrogens with one attached hydrogen (secondary N) is 1. The molecule has 1 aliphatic carbocycles. The van der Waals surface area contributed by atoms with Crippen LogP contribution in [-0.4, -0.2) is 24.3 Å². The summed E-state index contributed by atoms with van der Waals surface area (Å²) in [6.07, 6.45) is 3.97. The van der Waals surface area contributed by atoms with Gasteiger partial charge < -0.3 is 11.1 Å². The Balaban J connectivity index is 2.14. The number of carbonyl (C=O) groups is 1. The Bertz CT molecular complexity index is 209. The average Bonchev–Trinajstić information content (AvgIpc) is 2.85. The van der Waals surface area contributed by atoms with Gasteiger partial charge in [-0.1, -0.05) is 6.92 Å². The van der Waals surface area contributed by atoms with Crippen molar-refractivity contribution in [1.82, 2.24) is 5.32 Å². The van der Waals surface area contributed by atoms with Gasteiger partial charge in [0.1, 0.15) is 6.54 Å². The summed E-state index contributed by atoms with van der Waals surface area (Å²) in [4.78, 5) is 15.1. The van der Waals surface area contributed by atoms with Gasteiger partial charge in [0.15, 0.2) is 0 Å². The van der Waals surface area contributed by atoms with E-state index in [1.54, 1.807) is 0 Å². The number of amidine groups is 1. The maximum Gasteiger partial charge on any atom is 0.241 e. The minimum atomic E-state index is -0.0125. The molecule has 1 aliphatic rings. The molecule has 0 atom stereocenters. The summed E-state index contributed by atoms with van der Waals surface area (Å²) in [7, 11) is 0. The highest BCUT2D eigenvalue weighted by Gasteiger charge is 2.22. The van der Waals surface area contributed by atoms with E-state index in [-0.39, 0.29) is 12.5 Å².